The maximum absolute atomic E-state index is 13.6. The summed E-state index contributed by atoms with van der Waals surface area (Å²) >= 11 is 11.6. The number of anilines is 1. The summed E-state index contributed by atoms with van der Waals surface area (Å²) in [5, 5.41) is 11.9. The van der Waals surface area contributed by atoms with Gasteiger partial charge in [-0.3, -0.25) is 0 Å². The predicted octanol–water partition coefficient (Wildman–Crippen LogP) is 4.33. The van der Waals surface area contributed by atoms with E-state index in [9.17, 15) is 14.3 Å². The van der Waals surface area contributed by atoms with Crippen molar-refractivity contribution in [3.8, 4) is 5.75 Å². The maximum Gasteiger partial charge on any atom is 0.335 e. The van der Waals surface area contributed by atoms with E-state index in [1.54, 1.807) is 19.1 Å². The smallest absolute Gasteiger partial charge is 0.335 e. The fourth-order valence-electron chi connectivity index (χ4n) is 1.95. The van der Waals surface area contributed by atoms with Crippen LogP contribution in [0.2, 0.25) is 10.3 Å². The number of ether oxygens (including phenoxy) is 1. The van der Waals surface area contributed by atoms with Crippen molar-refractivity contribution in [1.82, 2.24) is 4.98 Å². The number of pyridine rings is 1. The van der Waals surface area contributed by atoms with Crippen molar-refractivity contribution < 1.29 is 19.0 Å². The fourth-order valence-corrected chi connectivity index (χ4v) is 2.33. The third-order valence-corrected chi connectivity index (χ3v) is 3.75. The highest BCUT2D eigenvalue weighted by Gasteiger charge is 2.16. The predicted molar refractivity (Wildman–Crippen MR) is 94.4 cm³/mol. The molecule has 0 bridgehead atoms. The number of nitrogens with one attached hydrogen (secondary N) is 1. The summed E-state index contributed by atoms with van der Waals surface area (Å²) in [6.07, 6.45) is 1.44. The third kappa shape index (κ3) is 5.34. The maximum atomic E-state index is 13.6. The van der Waals surface area contributed by atoms with Crippen molar-refractivity contribution in [3.63, 3.8) is 0 Å². The van der Waals surface area contributed by atoms with Crippen LogP contribution in [0.3, 0.4) is 0 Å². The minimum Gasteiger partial charge on any atom is -0.508 e. The Morgan fingerprint density at radius 3 is 2.64 bits per heavy atom. The SMILES string of the molecule is CCOC(=O)C(=CNc1ccc(O)cc1)Cc1cc(F)c(Cl)nc1Cl. The molecule has 8 heteroatoms. The fraction of sp³-hybridized carbons (Fsp3) is 0.176. The monoisotopic (exact) mass is 384 g/mol. The Hall–Kier alpha value is -2.31. The molecule has 0 saturated carbocycles. The molecule has 0 atom stereocenters. The van der Waals surface area contributed by atoms with E-state index in [-0.39, 0.29) is 34.7 Å². The number of phenolic OH excluding ortho intramolecular Hbond substituents is 1. The number of hydrogen-bond donors (Lipinski definition) is 2. The van der Waals surface area contributed by atoms with Gasteiger partial charge >= 0.3 is 5.97 Å². The Balaban J connectivity index is 2.26. The molecular formula is C17H15Cl2FN2O3. The zero-order chi connectivity index (χ0) is 18.4. The normalized spacial score (nSPS) is 11.3. The number of halogens is 3. The van der Waals surface area contributed by atoms with Gasteiger partial charge in [-0.1, -0.05) is 23.2 Å². The quantitative estimate of drug-likeness (QED) is 0.335. The van der Waals surface area contributed by atoms with E-state index >= 15 is 0 Å². The van der Waals surface area contributed by atoms with E-state index in [4.69, 9.17) is 27.9 Å². The molecule has 0 fully saturated rings. The standard InChI is InChI=1S/C17H15Cl2FN2O3/c1-2-25-17(24)11(9-21-12-3-5-13(23)6-4-12)7-10-8-14(20)16(19)22-15(10)18/h3-6,8-9,21,23H,2,7H2,1H3. The molecule has 1 aromatic heterocycles. The number of carbonyl (C=O) groups excluding carboxylic acids is 1. The van der Waals surface area contributed by atoms with E-state index in [0.29, 0.717) is 11.3 Å². The van der Waals surface area contributed by atoms with Gasteiger partial charge in [0.2, 0.25) is 0 Å². The van der Waals surface area contributed by atoms with Gasteiger partial charge in [-0.05, 0) is 42.8 Å². The topological polar surface area (TPSA) is 71.5 Å². The largest absolute Gasteiger partial charge is 0.508 e. The Morgan fingerprint density at radius 2 is 2.00 bits per heavy atom. The van der Waals surface area contributed by atoms with E-state index in [1.807, 2.05) is 0 Å². The van der Waals surface area contributed by atoms with Gasteiger partial charge in [0.25, 0.3) is 0 Å². The van der Waals surface area contributed by atoms with Crippen molar-refractivity contribution in [2.45, 2.75) is 13.3 Å². The van der Waals surface area contributed by atoms with E-state index in [1.165, 1.54) is 18.3 Å². The van der Waals surface area contributed by atoms with E-state index in [0.717, 1.165) is 6.07 Å². The molecule has 1 heterocycles. The molecule has 0 aliphatic heterocycles. The van der Waals surface area contributed by atoms with Crippen molar-refractivity contribution >= 4 is 34.9 Å². The zero-order valence-electron chi connectivity index (χ0n) is 13.2. The first kappa shape index (κ1) is 19.0. The summed E-state index contributed by atoms with van der Waals surface area (Å²) in [5.74, 6) is -1.18. The molecule has 0 unspecified atom stereocenters. The molecule has 0 saturated heterocycles. The number of aromatic hydroxyl groups is 1. The zero-order valence-corrected chi connectivity index (χ0v) is 14.7. The number of nitrogens with zero attached hydrogens (tertiary/aromatic N) is 1. The number of carbonyl (C=O) groups is 1. The van der Waals surface area contributed by atoms with Crippen LogP contribution in [-0.2, 0) is 16.0 Å². The summed E-state index contributed by atoms with van der Waals surface area (Å²) in [6, 6.07) is 7.38. The molecule has 2 rings (SSSR count). The summed E-state index contributed by atoms with van der Waals surface area (Å²) in [5.41, 5.74) is 1.17. The number of esters is 1. The highest BCUT2D eigenvalue weighted by Crippen LogP contribution is 2.23. The van der Waals surface area contributed by atoms with Gasteiger partial charge in [0.15, 0.2) is 11.0 Å². The number of benzene rings is 1. The molecule has 0 amide bonds. The van der Waals surface area contributed by atoms with Crippen LogP contribution in [0.15, 0.2) is 42.1 Å². The van der Waals surface area contributed by atoms with E-state index < -0.39 is 11.8 Å². The van der Waals surface area contributed by atoms with Crippen LogP contribution < -0.4 is 5.32 Å². The molecule has 0 spiro atoms. The van der Waals surface area contributed by atoms with Gasteiger partial charge in [0.05, 0.1) is 12.2 Å². The molecule has 2 aromatic rings. The Kier molecular flexibility index (Phi) is 6.61. The first-order valence-corrected chi connectivity index (χ1v) is 8.08. The Bertz CT molecular complexity index is 795. The molecule has 0 aliphatic rings. The number of aromatic nitrogens is 1. The molecule has 5 nitrogen and oxygen atoms in total. The third-order valence-electron chi connectivity index (χ3n) is 3.16. The van der Waals surface area contributed by atoms with Gasteiger partial charge in [-0.2, -0.15) is 0 Å². The summed E-state index contributed by atoms with van der Waals surface area (Å²) < 4.78 is 18.6. The number of hydrogen-bond acceptors (Lipinski definition) is 5. The van der Waals surface area contributed by atoms with Crippen LogP contribution in [0.4, 0.5) is 10.1 Å². The molecule has 0 aliphatic carbocycles. The lowest BCUT2D eigenvalue weighted by Gasteiger charge is -2.10. The molecule has 1 aromatic carbocycles. The van der Waals surface area contributed by atoms with Crippen LogP contribution in [0, 0.1) is 5.82 Å². The van der Waals surface area contributed by atoms with Crippen LogP contribution in [0.5, 0.6) is 5.75 Å². The molecule has 25 heavy (non-hydrogen) atoms. The lowest BCUT2D eigenvalue weighted by molar-refractivity contribution is -0.138. The van der Waals surface area contributed by atoms with Gasteiger partial charge in [-0.25, -0.2) is 14.2 Å². The molecule has 2 N–H and O–H groups in total. The average molecular weight is 385 g/mol. The molecule has 0 radical (unpaired) electrons. The average Bonchev–Trinajstić information content (AvgIpc) is 2.57. The number of rotatable bonds is 6. The van der Waals surface area contributed by atoms with Gasteiger partial charge in [-0.15, -0.1) is 0 Å². The van der Waals surface area contributed by atoms with Crippen molar-refractivity contribution in [1.29, 1.82) is 0 Å². The number of phenols is 1. The summed E-state index contributed by atoms with van der Waals surface area (Å²) in [6.45, 7) is 1.87. The summed E-state index contributed by atoms with van der Waals surface area (Å²) in [4.78, 5) is 15.8. The van der Waals surface area contributed by atoms with Crippen molar-refractivity contribution in [2.24, 2.45) is 0 Å². The first-order valence-electron chi connectivity index (χ1n) is 7.32. The summed E-state index contributed by atoms with van der Waals surface area (Å²) in [7, 11) is 0. The highest BCUT2D eigenvalue weighted by molar-refractivity contribution is 6.33. The Labute approximate surface area is 154 Å². The van der Waals surface area contributed by atoms with Gasteiger partial charge < -0.3 is 15.2 Å². The van der Waals surface area contributed by atoms with Gasteiger partial charge in [0, 0.05) is 18.3 Å². The second-order valence-electron chi connectivity index (χ2n) is 4.97. The lowest BCUT2D eigenvalue weighted by Crippen LogP contribution is -2.12. The first-order chi connectivity index (χ1) is 11.9. The molecule has 132 valence electrons. The van der Waals surface area contributed by atoms with Crippen LogP contribution >= 0.6 is 23.2 Å². The molecular weight excluding hydrogens is 370 g/mol. The van der Waals surface area contributed by atoms with Crippen molar-refractivity contribution in [2.75, 3.05) is 11.9 Å². The second kappa shape index (κ2) is 8.69. The van der Waals surface area contributed by atoms with Crippen LogP contribution in [0.25, 0.3) is 0 Å². The minimum atomic E-state index is -0.726. The minimum absolute atomic E-state index is 0.00381. The highest BCUT2D eigenvalue weighted by atomic mass is 35.5. The van der Waals surface area contributed by atoms with Crippen molar-refractivity contribution in [3.05, 3.63) is 63.8 Å². The van der Waals surface area contributed by atoms with Crippen LogP contribution in [0.1, 0.15) is 12.5 Å². The lowest BCUT2D eigenvalue weighted by atomic mass is 10.1. The van der Waals surface area contributed by atoms with Crippen LogP contribution in [-0.4, -0.2) is 22.7 Å². The Morgan fingerprint density at radius 1 is 1.32 bits per heavy atom. The second-order valence-corrected chi connectivity index (χ2v) is 5.68. The van der Waals surface area contributed by atoms with Gasteiger partial charge in [0.1, 0.15) is 10.9 Å². The van der Waals surface area contributed by atoms with E-state index in [2.05, 4.69) is 10.3 Å².